The monoisotopic (exact) mass is 335 g/mol. The minimum atomic E-state index is 0.868. The Morgan fingerprint density at radius 2 is 1.92 bits per heavy atom. The molecule has 0 saturated carbocycles. The van der Waals surface area contributed by atoms with Gasteiger partial charge < -0.3 is 4.52 Å². The number of rotatable bonds is 0. The SMILES string of the molecule is Clc1cccc2c1=CCc1c3c(ccc1=2)=CCCC3.c1cnoc1. The molecule has 0 spiro atoms. The molecule has 24 heavy (non-hydrogen) atoms. The van der Waals surface area contributed by atoms with Crippen molar-refractivity contribution in [1.82, 2.24) is 5.16 Å². The summed E-state index contributed by atoms with van der Waals surface area (Å²) in [6.45, 7) is 0. The van der Waals surface area contributed by atoms with Gasteiger partial charge in [0.15, 0.2) is 0 Å². The van der Waals surface area contributed by atoms with Crippen molar-refractivity contribution < 1.29 is 4.52 Å². The van der Waals surface area contributed by atoms with Gasteiger partial charge in [-0.3, -0.25) is 0 Å². The summed E-state index contributed by atoms with van der Waals surface area (Å²) in [5, 5.41) is 9.55. The van der Waals surface area contributed by atoms with Gasteiger partial charge in [-0.25, -0.2) is 0 Å². The predicted molar refractivity (Wildman–Crippen MR) is 96.9 cm³/mol. The number of hydrogen-bond acceptors (Lipinski definition) is 2. The van der Waals surface area contributed by atoms with Crippen molar-refractivity contribution in [3.05, 3.63) is 85.9 Å². The normalized spacial score (nSPS) is 14.0. The van der Waals surface area contributed by atoms with E-state index in [1.807, 2.05) is 6.07 Å². The van der Waals surface area contributed by atoms with Gasteiger partial charge >= 0.3 is 0 Å². The zero-order valence-electron chi connectivity index (χ0n) is 13.3. The van der Waals surface area contributed by atoms with E-state index in [-0.39, 0.29) is 0 Å². The molecule has 0 saturated heterocycles. The van der Waals surface area contributed by atoms with Crippen molar-refractivity contribution in [2.24, 2.45) is 0 Å². The second-order valence-corrected chi connectivity index (χ2v) is 6.46. The maximum absolute atomic E-state index is 6.31. The predicted octanol–water partition coefficient (Wildman–Crippen LogP) is 3.75. The van der Waals surface area contributed by atoms with E-state index >= 15 is 0 Å². The van der Waals surface area contributed by atoms with E-state index in [0.717, 1.165) is 11.4 Å². The molecule has 2 aromatic carbocycles. The smallest absolute Gasteiger partial charge is 0.123 e. The van der Waals surface area contributed by atoms with E-state index < -0.39 is 0 Å². The third-order valence-corrected chi connectivity index (χ3v) is 4.99. The van der Waals surface area contributed by atoms with Crippen molar-refractivity contribution in [2.75, 3.05) is 0 Å². The van der Waals surface area contributed by atoms with Crippen LogP contribution in [0.25, 0.3) is 12.2 Å². The summed E-state index contributed by atoms with van der Waals surface area (Å²) < 4.78 is 4.33. The maximum Gasteiger partial charge on any atom is 0.123 e. The van der Waals surface area contributed by atoms with E-state index in [0.29, 0.717) is 0 Å². The average molecular weight is 336 g/mol. The van der Waals surface area contributed by atoms with Gasteiger partial charge in [-0.15, -0.1) is 0 Å². The van der Waals surface area contributed by atoms with Crippen molar-refractivity contribution in [3.63, 3.8) is 0 Å². The number of hydrogen-bond donors (Lipinski definition) is 0. The lowest BCUT2D eigenvalue weighted by atomic mass is 9.89. The molecule has 3 aromatic rings. The van der Waals surface area contributed by atoms with Crippen LogP contribution in [0.15, 0.2) is 53.4 Å². The fraction of sp³-hybridized carbons (Fsp3) is 0.190. The minimum absolute atomic E-state index is 0.868. The summed E-state index contributed by atoms with van der Waals surface area (Å²) in [5.41, 5.74) is 3.08. The molecule has 0 N–H and O–H groups in total. The maximum atomic E-state index is 6.31. The van der Waals surface area contributed by atoms with E-state index in [2.05, 4.69) is 46.1 Å². The zero-order valence-corrected chi connectivity index (χ0v) is 14.1. The largest absolute Gasteiger partial charge is 0.365 e. The van der Waals surface area contributed by atoms with Gasteiger partial charge in [0.2, 0.25) is 0 Å². The molecular formula is C21H18ClNO. The van der Waals surface area contributed by atoms with Crippen LogP contribution in [0.1, 0.15) is 24.0 Å². The van der Waals surface area contributed by atoms with Crippen LogP contribution >= 0.6 is 11.6 Å². The van der Waals surface area contributed by atoms with Gasteiger partial charge in [-0.2, -0.15) is 0 Å². The number of fused-ring (bicyclic) bond motifs is 4. The van der Waals surface area contributed by atoms with Crippen LogP contribution < -0.4 is 10.4 Å². The van der Waals surface area contributed by atoms with Crippen LogP contribution in [0, 0.1) is 10.4 Å². The Bertz CT molecular complexity index is 1050. The molecule has 3 heteroatoms. The van der Waals surface area contributed by atoms with Gasteiger partial charge in [0, 0.05) is 5.02 Å². The van der Waals surface area contributed by atoms with Crippen LogP contribution in [0.3, 0.4) is 0 Å². The molecule has 0 radical (unpaired) electrons. The van der Waals surface area contributed by atoms with E-state index in [1.165, 1.54) is 52.0 Å². The molecule has 0 unspecified atom stereocenters. The molecule has 0 amide bonds. The fourth-order valence-corrected chi connectivity index (χ4v) is 3.83. The van der Waals surface area contributed by atoms with Crippen molar-refractivity contribution >= 4 is 23.8 Å². The Morgan fingerprint density at radius 1 is 0.958 bits per heavy atom. The highest BCUT2D eigenvalue weighted by Gasteiger charge is 2.11. The first-order valence-corrected chi connectivity index (χ1v) is 8.67. The van der Waals surface area contributed by atoms with Crippen molar-refractivity contribution in [3.8, 4) is 0 Å². The Hall–Kier alpha value is -2.32. The summed E-state index contributed by atoms with van der Waals surface area (Å²) >= 11 is 6.31. The van der Waals surface area contributed by atoms with E-state index in [4.69, 9.17) is 11.6 Å². The second kappa shape index (κ2) is 6.66. The lowest BCUT2D eigenvalue weighted by Gasteiger charge is -2.16. The van der Waals surface area contributed by atoms with Crippen molar-refractivity contribution in [2.45, 2.75) is 25.7 Å². The zero-order chi connectivity index (χ0) is 16.4. The standard InChI is InChI=1S/C18H15Cl.C3H3NO/c19-18-7-3-6-14-16-9-8-12-4-1-2-5-13(12)15(16)10-11-17(14)18;1-2-4-5-3-1/h3-4,6-9,11H,1-2,5,10H2;1-3H. The van der Waals surface area contributed by atoms with Gasteiger partial charge in [0.1, 0.15) is 6.26 Å². The molecule has 0 bridgehead atoms. The van der Waals surface area contributed by atoms with Crippen LogP contribution in [-0.2, 0) is 12.8 Å². The number of halogens is 1. The Balaban J connectivity index is 0.000000252. The van der Waals surface area contributed by atoms with Crippen LogP contribution in [0.4, 0.5) is 0 Å². The average Bonchev–Trinajstić information content (AvgIpc) is 3.21. The number of aromatic nitrogens is 1. The van der Waals surface area contributed by atoms with Gasteiger partial charge in [-0.1, -0.05) is 53.2 Å². The summed E-state index contributed by atoms with van der Waals surface area (Å²) in [7, 11) is 0. The molecule has 1 heterocycles. The third kappa shape index (κ3) is 2.78. The van der Waals surface area contributed by atoms with Crippen LogP contribution in [0.2, 0.25) is 5.02 Å². The molecule has 2 aliphatic carbocycles. The highest BCUT2D eigenvalue weighted by Crippen LogP contribution is 2.18. The highest BCUT2D eigenvalue weighted by atomic mass is 35.5. The summed E-state index contributed by atoms with van der Waals surface area (Å²) in [6, 6.07) is 12.5. The van der Waals surface area contributed by atoms with Gasteiger partial charge in [0.05, 0.1) is 6.20 Å². The second-order valence-electron chi connectivity index (χ2n) is 6.05. The van der Waals surface area contributed by atoms with Crippen LogP contribution in [-0.4, -0.2) is 5.16 Å². The topological polar surface area (TPSA) is 26.0 Å². The Labute approximate surface area is 145 Å². The summed E-state index contributed by atoms with van der Waals surface area (Å²) in [5.74, 6) is 0. The first-order valence-electron chi connectivity index (χ1n) is 8.29. The number of nitrogens with zero attached hydrogens (tertiary/aromatic N) is 1. The lowest BCUT2D eigenvalue weighted by molar-refractivity contribution is 0.420. The summed E-state index contributed by atoms with van der Waals surface area (Å²) in [6.07, 6.45) is 12.5. The van der Waals surface area contributed by atoms with Gasteiger partial charge in [0.25, 0.3) is 0 Å². The van der Waals surface area contributed by atoms with Crippen LogP contribution in [0.5, 0.6) is 0 Å². The molecule has 1 aromatic heterocycles. The summed E-state index contributed by atoms with van der Waals surface area (Å²) in [4.78, 5) is 0. The first kappa shape index (κ1) is 15.2. The quantitative estimate of drug-likeness (QED) is 0.625. The fourth-order valence-electron chi connectivity index (χ4n) is 3.58. The van der Waals surface area contributed by atoms with E-state index in [1.54, 1.807) is 17.8 Å². The Morgan fingerprint density at radius 3 is 2.71 bits per heavy atom. The van der Waals surface area contributed by atoms with Crippen molar-refractivity contribution in [1.29, 1.82) is 0 Å². The Kier molecular flexibility index (Phi) is 4.22. The molecule has 2 nitrogen and oxygen atoms in total. The molecule has 0 atom stereocenters. The third-order valence-electron chi connectivity index (χ3n) is 4.66. The molecule has 0 aliphatic heterocycles. The molecule has 5 rings (SSSR count). The highest BCUT2D eigenvalue weighted by molar-refractivity contribution is 6.30. The lowest BCUT2D eigenvalue weighted by Crippen LogP contribution is -2.20. The minimum Gasteiger partial charge on any atom is -0.365 e. The molecule has 120 valence electrons. The number of benzene rings is 2. The molecule has 0 fully saturated rings. The first-order chi connectivity index (χ1) is 11.8. The molecule has 2 aliphatic rings. The molecular weight excluding hydrogens is 318 g/mol. The van der Waals surface area contributed by atoms with E-state index in [9.17, 15) is 0 Å². The van der Waals surface area contributed by atoms with Gasteiger partial charge in [-0.05, 0) is 69.8 Å².